The number of esters is 1. The number of carbonyl (C=O) groups is 1. The Kier molecular flexibility index (Phi) is 33.1. The van der Waals surface area contributed by atoms with E-state index in [0.717, 1.165) is 70.6 Å². The maximum atomic E-state index is 12.5. The number of rotatable bonds is 34. The largest absolute Gasteiger partial charge is 0.472 e. The monoisotopic (exact) mass is 686 g/mol. The van der Waals surface area contributed by atoms with E-state index in [9.17, 15) is 19.4 Å². The van der Waals surface area contributed by atoms with Crippen molar-refractivity contribution in [3.05, 3.63) is 48.6 Å². The van der Waals surface area contributed by atoms with Gasteiger partial charge in [-0.05, 0) is 51.4 Å². The first kappa shape index (κ1) is 45.4. The molecule has 0 fully saturated rings. The van der Waals surface area contributed by atoms with Crippen molar-refractivity contribution in [2.45, 2.75) is 148 Å². The van der Waals surface area contributed by atoms with Gasteiger partial charge in [0.05, 0.1) is 26.4 Å². The molecule has 3 unspecified atom stereocenters. The van der Waals surface area contributed by atoms with Gasteiger partial charge in [-0.15, -0.1) is 0 Å². The molecular weight excluding hydrogens is 619 g/mol. The first-order valence-electron chi connectivity index (χ1n) is 18.1. The molecule has 0 rings (SSSR count). The van der Waals surface area contributed by atoms with Crippen LogP contribution < -0.4 is 0 Å². The number of unbranched alkanes of at least 4 members (excludes halogenated alkanes) is 12. The molecule has 0 bridgehead atoms. The van der Waals surface area contributed by atoms with Crippen LogP contribution in [0.4, 0.5) is 0 Å². The van der Waals surface area contributed by atoms with Crippen LogP contribution in [-0.2, 0) is 27.9 Å². The number of hydrogen-bond donors (Lipinski definition) is 3. The van der Waals surface area contributed by atoms with Crippen molar-refractivity contribution < 1.29 is 43.0 Å². The van der Waals surface area contributed by atoms with Crippen LogP contribution in [0.15, 0.2) is 48.6 Å². The number of aliphatic hydroxyl groups excluding tert-OH is 2. The van der Waals surface area contributed by atoms with Crippen LogP contribution >= 0.6 is 7.82 Å². The predicted molar refractivity (Wildman–Crippen MR) is 191 cm³/mol. The first-order valence-corrected chi connectivity index (χ1v) is 19.6. The number of ether oxygens (including phenoxy) is 2. The molecule has 274 valence electrons. The Labute approximate surface area is 286 Å². The molecule has 9 nitrogen and oxygen atoms in total. The Bertz CT molecular complexity index is 872. The lowest BCUT2D eigenvalue weighted by atomic mass is 10.1. The van der Waals surface area contributed by atoms with E-state index in [1.807, 2.05) is 0 Å². The highest BCUT2D eigenvalue weighted by molar-refractivity contribution is 7.47. The molecule has 0 saturated heterocycles. The summed E-state index contributed by atoms with van der Waals surface area (Å²) in [5.74, 6) is -0.399. The smallest absolute Gasteiger partial charge is 0.457 e. The molecule has 0 aliphatic heterocycles. The molecule has 10 heteroatoms. The number of hydrogen-bond acceptors (Lipinski definition) is 8. The molecule has 0 saturated carbocycles. The zero-order valence-electron chi connectivity index (χ0n) is 29.5. The quantitative estimate of drug-likeness (QED) is 0.0262. The summed E-state index contributed by atoms with van der Waals surface area (Å²) in [6.45, 7) is 3.28. The van der Waals surface area contributed by atoms with E-state index in [1.165, 1.54) is 44.9 Å². The minimum absolute atomic E-state index is 0.0277. The van der Waals surface area contributed by atoms with Crippen molar-refractivity contribution in [3.63, 3.8) is 0 Å². The Morgan fingerprint density at radius 1 is 0.681 bits per heavy atom. The van der Waals surface area contributed by atoms with E-state index >= 15 is 0 Å². The van der Waals surface area contributed by atoms with E-state index in [2.05, 4.69) is 62.5 Å². The molecule has 0 heterocycles. The lowest BCUT2D eigenvalue weighted by molar-refractivity contribution is -0.154. The highest BCUT2D eigenvalue weighted by Crippen LogP contribution is 2.43. The third-order valence-corrected chi connectivity index (χ3v) is 8.23. The van der Waals surface area contributed by atoms with Crippen LogP contribution in [-0.4, -0.2) is 66.3 Å². The van der Waals surface area contributed by atoms with Crippen LogP contribution in [0.5, 0.6) is 0 Å². The molecular formula is C37H67O9P. The summed E-state index contributed by atoms with van der Waals surface area (Å²) in [5.41, 5.74) is 0. The van der Waals surface area contributed by atoms with E-state index in [0.29, 0.717) is 6.61 Å². The van der Waals surface area contributed by atoms with Crippen LogP contribution in [0, 0.1) is 0 Å². The molecule has 0 spiro atoms. The summed E-state index contributed by atoms with van der Waals surface area (Å²) in [6.07, 6.45) is 35.0. The Balaban J connectivity index is 4.31. The summed E-state index contributed by atoms with van der Waals surface area (Å²) < 4.78 is 33.1. The first-order chi connectivity index (χ1) is 22.8. The van der Waals surface area contributed by atoms with Crippen molar-refractivity contribution in [1.29, 1.82) is 0 Å². The SMILES string of the molecule is CC/C=C\C/C=C\C/C=C\C/C=C\CCCCCOCC(COP(=O)(O)OCC(O)CO)OC(=O)CCCCCCCCCCCC. The van der Waals surface area contributed by atoms with Crippen LogP contribution in [0.2, 0.25) is 0 Å². The van der Waals surface area contributed by atoms with Crippen molar-refractivity contribution in [2.75, 3.05) is 33.0 Å². The number of aliphatic hydroxyl groups is 2. The molecule has 0 amide bonds. The molecule has 0 radical (unpaired) electrons. The molecule has 0 aliphatic carbocycles. The zero-order chi connectivity index (χ0) is 34.7. The predicted octanol–water partition coefficient (Wildman–Crippen LogP) is 9.08. The summed E-state index contributed by atoms with van der Waals surface area (Å²) >= 11 is 0. The van der Waals surface area contributed by atoms with E-state index < -0.39 is 45.8 Å². The second kappa shape index (κ2) is 34.3. The normalized spacial score (nSPS) is 14.9. The van der Waals surface area contributed by atoms with Crippen LogP contribution in [0.25, 0.3) is 0 Å². The molecule has 0 aromatic carbocycles. The topological polar surface area (TPSA) is 132 Å². The standard InChI is InChI=1S/C37H67O9P/c1-3-5-7-9-11-13-15-16-17-18-19-20-22-24-26-28-30-43-33-36(34-45-47(41,42)44-32-35(39)31-38)46-37(40)29-27-25-23-21-14-12-10-8-6-4-2/h5,7,11,13,16-17,19-20,35-36,38-39H,3-4,6,8-10,12,14-15,18,21-34H2,1-2H3,(H,41,42)/b7-5-,13-11-,17-16-,20-19-. The third kappa shape index (κ3) is 34.1. The Morgan fingerprint density at radius 2 is 1.21 bits per heavy atom. The number of allylic oxidation sites excluding steroid dienone is 8. The number of phosphoric ester groups is 1. The average Bonchev–Trinajstić information content (AvgIpc) is 3.06. The Morgan fingerprint density at radius 3 is 1.81 bits per heavy atom. The average molecular weight is 687 g/mol. The molecule has 3 atom stereocenters. The number of phosphoric acid groups is 1. The summed E-state index contributed by atoms with van der Waals surface area (Å²) in [4.78, 5) is 22.4. The zero-order valence-corrected chi connectivity index (χ0v) is 30.4. The van der Waals surface area contributed by atoms with Crippen LogP contribution in [0.3, 0.4) is 0 Å². The maximum absolute atomic E-state index is 12.5. The molecule has 3 N–H and O–H groups in total. The third-order valence-electron chi connectivity index (χ3n) is 7.28. The second-order valence-corrected chi connectivity index (χ2v) is 13.3. The van der Waals surface area contributed by atoms with Gasteiger partial charge in [0.2, 0.25) is 0 Å². The second-order valence-electron chi connectivity index (χ2n) is 11.9. The Hall–Kier alpha value is -1.58. The lowest BCUT2D eigenvalue weighted by Gasteiger charge is -2.20. The minimum Gasteiger partial charge on any atom is -0.457 e. The van der Waals surface area contributed by atoms with E-state index in [4.69, 9.17) is 23.6 Å². The van der Waals surface area contributed by atoms with Crippen molar-refractivity contribution in [3.8, 4) is 0 Å². The summed E-state index contributed by atoms with van der Waals surface area (Å²) in [7, 11) is -4.52. The van der Waals surface area contributed by atoms with Crippen molar-refractivity contribution >= 4 is 13.8 Å². The van der Waals surface area contributed by atoms with E-state index in [-0.39, 0.29) is 13.0 Å². The van der Waals surface area contributed by atoms with Gasteiger partial charge in [-0.1, -0.05) is 127 Å². The fourth-order valence-electron chi connectivity index (χ4n) is 4.52. The highest BCUT2D eigenvalue weighted by Gasteiger charge is 2.26. The lowest BCUT2D eigenvalue weighted by Crippen LogP contribution is -2.29. The van der Waals surface area contributed by atoms with Gasteiger partial charge in [0.25, 0.3) is 0 Å². The molecule has 47 heavy (non-hydrogen) atoms. The molecule has 0 aromatic rings. The van der Waals surface area contributed by atoms with Gasteiger partial charge in [0, 0.05) is 13.0 Å². The van der Waals surface area contributed by atoms with Crippen LogP contribution in [0.1, 0.15) is 136 Å². The highest BCUT2D eigenvalue weighted by atomic mass is 31.2. The van der Waals surface area contributed by atoms with Gasteiger partial charge in [0.1, 0.15) is 12.2 Å². The molecule has 0 aromatic heterocycles. The van der Waals surface area contributed by atoms with Gasteiger partial charge in [-0.3, -0.25) is 13.8 Å². The van der Waals surface area contributed by atoms with E-state index in [1.54, 1.807) is 0 Å². The number of carbonyl (C=O) groups excluding carboxylic acids is 1. The van der Waals surface area contributed by atoms with Gasteiger partial charge in [-0.2, -0.15) is 0 Å². The van der Waals surface area contributed by atoms with Crippen molar-refractivity contribution in [1.82, 2.24) is 0 Å². The summed E-state index contributed by atoms with van der Waals surface area (Å²) in [5, 5.41) is 18.2. The molecule has 0 aliphatic rings. The maximum Gasteiger partial charge on any atom is 0.472 e. The fraction of sp³-hybridized carbons (Fsp3) is 0.757. The van der Waals surface area contributed by atoms with Gasteiger partial charge >= 0.3 is 13.8 Å². The fourth-order valence-corrected chi connectivity index (χ4v) is 5.31. The van der Waals surface area contributed by atoms with Gasteiger partial charge in [-0.25, -0.2) is 4.57 Å². The van der Waals surface area contributed by atoms with Gasteiger partial charge < -0.3 is 24.6 Å². The van der Waals surface area contributed by atoms with Crippen molar-refractivity contribution in [2.24, 2.45) is 0 Å². The summed E-state index contributed by atoms with van der Waals surface area (Å²) in [6, 6.07) is 0. The van der Waals surface area contributed by atoms with Gasteiger partial charge in [0.15, 0.2) is 0 Å². The minimum atomic E-state index is -4.52.